The third-order valence-corrected chi connectivity index (χ3v) is 5.53. The average molecular weight is 383 g/mol. The van der Waals surface area contributed by atoms with Crippen LogP contribution < -0.4 is 9.64 Å². The minimum absolute atomic E-state index is 0.0585. The van der Waals surface area contributed by atoms with Gasteiger partial charge in [-0.15, -0.1) is 0 Å². The Kier molecular flexibility index (Phi) is 4.26. The van der Waals surface area contributed by atoms with Crippen molar-refractivity contribution in [2.45, 2.75) is 45.6 Å². The molecule has 0 radical (unpaired) electrons. The van der Waals surface area contributed by atoms with Crippen LogP contribution >= 0.6 is 11.6 Å². The van der Waals surface area contributed by atoms with E-state index in [1.54, 1.807) is 12.1 Å². The molecule has 2 heterocycles. The second-order valence-corrected chi connectivity index (χ2v) is 8.28. The van der Waals surface area contributed by atoms with E-state index in [0.717, 1.165) is 29.0 Å². The Hall–Kier alpha value is -2.33. The van der Waals surface area contributed by atoms with Crippen LogP contribution in [0.25, 0.3) is 0 Å². The van der Waals surface area contributed by atoms with Crippen molar-refractivity contribution in [3.05, 3.63) is 52.5 Å². The normalized spacial score (nSPS) is 21.5. The number of hydrogen-bond acceptors (Lipinski definition) is 3. The molecule has 0 unspecified atom stereocenters. The van der Waals surface area contributed by atoms with Gasteiger partial charge in [-0.1, -0.05) is 24.6 Å². The minimum atomic E-state index is -0.267. The van der Waals surface area contributed by atoms with Crippen molar-refractivity contribution >= 4 is 34.6 Å². The zero-order valence-electron chi connectivity index (χ0n) is 16.0. The quantitative estimate of drug-likeness (QED) is 0.704. The van der Waals surface area contributed by atoms with Crippen LogP contribution in [0.3, 0.4) is 0 Å². The van der Waals surface area contributed by atoms with Crippen molar-refractivity contribution in [2.24, 2.45) is 4.99 Å². The first kappa shape index (κ1) is 18.1. The van der Waals surface area contributed by atoms with Crippen molar-refractivity contribution in [1.29, 1.82) is 0 Å². The van der Waals surface area contributed by atoms with E-state index in [2.05, 4.69) is 31.8 Å². The molecule has 0 saturated heterocycles. The maximum atomic E-state index is 13.4. The Morgan fingerprint density at radius 1 is 1.30 bits per heavy atom. The molecule has 1 atom stereocenters. The van der Waals surface area contributed by atoms with Crippen LogP contribution in [0.1, 0.15) is 51.2 Å². The SMILES string of the molecule is CCOc1cc2c3c(c1)[C@H](C)CC(C)(C)N3C(=O)C2=Nc1cccc(Cl)c1. The fourth-order valence-electron chi connectivity index (χ4n) is 4.32. The van der Waals surface area contributed by atoms with E-state index in [9.17, 15) is 4.79 Å². The van der Waals surface area contributed by atoms with Crippen LogP contribution in [0.15, 0.2) is 41.4 Å². The van der Waals surface area contributed by atoms with Crippen LogP contribution in [0, 0.1) is 0 Å². The lowest BCUT2D eigenvalue weighted by molar-refractivity contribution is -0.113. The number of ether oxygens (including phenoxy) is 1. The molecule has 4 nitrogen and oxygen atoms in total. The molecule has 0 N–H and O–H groups in total. The minimum Gasteiger partial charge on any atom is -0.494 e. The van der Waals surface area contributed by atoms with Gasteiger partial charge in [-0.2, -0.15) is 0 Å². The van der Waals surface area contributed by atoms with Gasteiger partial charge in [0, 0.05) is 16.1 Å². The zero-order valence-corrected chi connectivity index (χ0v) is 16.8. The molecule has 27 heavy (non-hydrogen) atoms. The summed E-state index contributed by atoms with van der Waals surface area (Å²) < 4.78 is 5.78. The van der Waals surface area contributed by atoms with E-state index in [1.807, 2.05) is 30.0 Å². The predicted octanol–water partition coefficient (Wildman–Crippen LogP) is 5.49. The van der Waals surface area contributed by atoms with E-state index in [0.29, 0.717) is 28.9 Å². The van der Waals surface area contributed by atoms with Crippen molar-refractivity contribution < 1.29 is 9.53 Å². The number of carbonyl (C=O) groups excluding carboxylic acids is 1. The molecule has 2 aromatic carbocycles. The van der Waals surface area contributed by atoms with Gasteiger partial charge in [0.1, 0.15) is 11.5 Å². The molecule has 0 spiro atoms. The van der Waals surface area contributed by atoms with Crippen LogP contribution in [0.2, 0.25) is 5.02 Å². The fraction of sp³-hybridized carbons (Fsp3) is 0.364. The van der Waals surface area contributed by atoms with Gasteiger partial charge in [0.25, 0.3) is 5.91 Å². The average Bonchev–Trinajstić information content (AvgIpc) is 2.86. The summed E-state index contributed by atoms with van der Waals surface area (Å²) in [6.45, 7) is 8.99. The molecular weight excluding hydrogens is 360 g/mol. The third kappa shape index (κ3) is 2.92. The first-order valence-electron chi connectivity index (χ1n) is 9.31. The standard InChI is InChI=1S/C22H23ClN2O2/c1-5-27-16-10-17-13(2)12-22(3,4)25-20(17)18(11-16)19(21(25)26)24-15-8-6-7-14(23)9-15/h6-11,13H,5,12H2,1-4H3/t13-/m1/s1. The molecule has 2 aliphatic heterocycles. The van der Waals surface area contributed by atoms with Crippen molar-refractivity contribution in [3.8, 4) is 5.75 Å². The molecule has 1 amide bonds. The third-order valence-electron chi connectivity index (χ3n) is 5.30. The molecule has 0 aromatic heterocycles. The van der Waals surface area contributed by atoms with Crippen LogP contribution in [0.4, 0.5) is 11.4 Å². The number of aliphatic imine (C=N–C) groups is 1. The van der Waals surface area contributed by atoms with Crippen molar-refractivity contribution in [2.75, 3.05) is 11.5 Å². The van der Waals surface area contributed by atoms with Crippen LogP contribution in [0.5, 0.6) is 5.75 Å². The number of benzene rings is 2. The van der Waals surface area contributed by atoms with Crippen LogP contribution in [-0.2, 0) is 4.79 Å². The highest BCUT2D eigenvalue weighted by Gasteiger charge is 2.48. The molecule has 0 fully saturated rings. The lowest BCUT2D eigenvalue weighted by Gasteiger charge is -2.43. The molecule has 5 heteroatoms. The molecule has 2 aliphatic rings. The van der Waals surface area contributed by atoms with Crippen molar-refractivity contribution in [1.82, 2.24) is 0 Å². The van der Waals surface area contributed by atoms with E-state index < -0.39 is 0 Å². The Bertz CT molecular complexity index is 965. The van der Waals surface area contributed by atoms with Crippen LogP contribution in [-0.4, -0.2) is 23.8 Å². The number of rotatable bonds is 3. The topological polar surface area (TPSA) is 41.9 Å². The van der Waals surface area contributed by atoms with E-state index in [4.69, 9.17) is 16.3 Å². The van der Waals surface area contributed by atoms with Crippen molar-refractivity contribution in [3.63, 3.8) is 0 Å². The number of amides is 1. The number of nitrogens with zero attached hydrogens (tertiary/aromatic N) is 2. The maximum absolute atomic E-state index is 13.4. The van der Waals surface area contributed by atoms with Gasteiger partial charge >= 0.3 is 0 Å². The summed E-state index contributed by atoms with van der Waals surface area (Å²) in [4.78, 5) is 20.0. The summed E-state index contributed by atoms with van der Waals surface area (Å²) in [6, 6.07) is 11.3. The molecule has 2 aromatic rings. The van der Waals surface area contributed by atoms with E-state index in [-0.39, 0.29) is 11.4 Å². The largest absolute Gasteiger partial charge is 0.494 e. The smallest absolute Gasteiger partial charge is 0.278 e. The van der Waals surface area contributed by atoms with E-state index in [1.165, 1.54) is 0 Å². The summed E-state index contributed by atoms with van der Waals surface area (Å²) >= 11 is 6.10. The number of hydrogen-bond donors (Lipinski definition) is 0. The van der Waals surface area contributed by atoms with Gasteiger partial charge in [0.2, 0.25) is 0 Å². The summed E-state index contributed by atoms with van der Waals surface area (Å²) in [5, 5.41) is 0.599. The lowest BCUT2D eigenvalue weighted by atomic mass is 9.80. The van der Waals surface area contributed by atoms with E-state index >= 15 is 0 Å². The van der Waals surface area contributed by atoms with Gasteiger partial charge in [-0.3, -0.25) is 4.79 Å². The number of carbonyl (C=O) groups is 1. The fourth-order valence-corrected chi connectivity index (χ4v) is 4.50. The Morgan fingerprint density at radius 3 is 2.78 bits per heavy atom. The van der Waals surface area contributed by atoms with Gasteiger partial charge < -0.3 is 9.64 Å². The number of anilines is 1. The highest BCUT2D eigenvalue weighted by Crippen LogP contribution is 2.50. The molecule has 140 valence electrons. The lowest BCUT2D eigenvalue weighted by Crippen LogP contribution is -2.50. The van der Waals surface area contributed by atoms with Gasteiger partial charge in [-0.05, 0) is 69.0 Å². The first-order valence-corrected chi connectivity index (χ1v) is 9.69. The highest BCUT2D eigenvalue weighted by atomic mass is 35.5. The van der Waals surface area contributed by atoms with Gasteiger partial charge in [-0.25, -0.2) is 4.99 Å². The summed E-state index contributed by atoms with van der Waals surface area (Å²) in [5.74, 6) is 1.06. The molecular formula is C22H23ClN2O2. The Balaban J connectivity index is 1.96. The zero-order chi connectivity index (χ0) is 19.3. The summed E-state index contributed by atoms with van der Waals surface area (Å²) in [5.41, 5.74) is 3.84. The number of halogens is 1. The molecule has 4 rings (SSSR count). The monoisotopic (exact) mass is 382 g/mol. The summed E-state index contributed by atoms with van der Waals surface area (Å²) in [7, 11) is 0. The second-order valence-electron chi connectivity index (χ2n) is 7.84. The molecule has 0 saturated carbocycles. The Morgan fingerprint density at radius 2 is 2.07 bits per heavy atom. The predicted molar refractivity (Wildman–Crippen MR) is 110 cm³/mol. The highest BCUT2D eigenvalue weighted by molar-refractivity contribution is 6.55. The Labute approximate surface area is 164 Å². The van der Waals surface area contributed by atoms with Gasteiger partial charge in [0.15, 0.2) is 0 Å². The molecule has 0 bridgehead atoms. The second kappa shape index (κ2) is 6.38. The van der Waals surface area contributed by atoms with Gasteiger partial charge in [0.05, 0.1) is 18.0 Å². The maximum Gasteiger partial charge on any atom is 0.278 e. The summed E-state index contributed by atoms with van der Waals surface area (Å²) in [6.07, 6.45) is 0.894. The first-order chi connectivity index (χ1) is 12.8. The molecule has 0 aliphatic carbocycles.